The third kappa shape index (κ3) is 3.69. The predicted octanol–water partition coefficient (Wildman–Crippen LogP) is 2.78. The maximum atomic E-state index is 12.5. The van der Waals surface area contributed by atoms with E-state index in [0.717, 1.165) is 5.56 Å². The highest BCUT2D eigenvalue weighted by atomic mass is 35.5. The third-order valence-electron chi connectivity index (χ3n) is 3.18. The van der Waals surface area contributed by atoms with Crippen LogP contribution < -0.4 is 4.72 Å². The van der Waals surface area contributed by atoms with Gasteiger partial charge in [0.2, 0.25) is 0 Å². The Morgan fingerprint density at radius 3 is 2.52 bits per heavy atom. The van der Waals surface area contributed by atoms with Crippen LogP contribution in [0, 0.1) is 0 Å². The summed E-state index contributed by atoms with van der Waals surface area (Å²) in [4.78, 5) is 4.03. The van der Waals surface area contributed by atoms with E-state index >= 15 is 0 Å². The van der Waals surface area contributed by atoms with Crippen LogP contribution in [0.2, 0.25) is 5.02 Å². The van der Waals surface area contributed by atoms with E-state index in [1.54, 1.807) is 23.1 Å². The Bertz CT molecular complexity index is 893. The van der Waals surface area contributed by atoms with E-state index in [2.05, 4.69) is 14.8 Å². The predicted molar refractivity (Wildman–Crippen MR) is 87.8 cm³/mol. The summed E-state index contributed by atoms with van der Waals surface area (Å²) in [6.07, 6.45) is 3.00. The van der Waals surface area contributed by atoms with Crippen molar-refractivity contribution >= 4 is 27.3 Å². The van der Waals surface area contributed by atoms with Gasteiger partial charge in [0, 0.05) is 5.02 Å². The molecule has 0 fully saturated rings. The Morgan fingerprint density at radius 1 is 1.09 bits per heavy atom. The topological polar surface area (TPSA) is 76.9 Å². The van der Waals surface area contributed by atoms with E-state index in [-0.39, 0.29) is 4.90 Å². The van der Waals surface area contributed by atoms with Crippen molar-refractivity contribution < 1.29 is 8.42 Å². The fourth-order valence-corrected chi connectivity index (χ4v) is 3.29. The minimum atomic E-state index is -3.69. The molecule has 23 heavy (non-hydrogen) atoms. The minimum absolute atomic E-state index is 0.150. The average Bonchev–Trinajstić information content (AvgIpc) is 3.02. The zero-order chi connectivity index (χ0) is 16.3. The van der Waals surface area contributed by atoms with Crippen molar-refractivity contribution in [3.05, 3.63) is 71.8 Å². The molecule has 8 heteroatoms. The first-order valence-electron chi connectivity index (χ1n) is 6.73. The highest BCUT2D eigenvalue weighted by Crippen LogP contribution is 2.21. The molecular formula is C15H13ClN4O2S. The summed E-state index contributed by atoms with van der Waals surface area (Å²) in [6.45, 7) is 0.416. The van der Waals surface area contributed by atoms with E-state index in [0.29, 0.717) is 17.3 Å². The standard InChI is InChI=1S/C15H13ClN4O2S/c16-13-5-7-14(8-6-13)23(21,22)19-15-4-2-1-3-12(15)9-20-11-17-10-18-20/h1-8,10-11,19H,9H2. The van der Waals surface area contributed by atoms with Crippen molar-refractivity contribution in [1.82, 2.24) is 14.8 Å². The van der Waals surface area contributed by atoms with Crippen LogP contribution in [0.4, 0.5) is 5.69 Å². The molecule has 0 aliphatic rings. The van der Waals surface area contributed by atoms with Crippen molar-refractivity contribution in [3.8, 4) is 0 Å². The fraction of sp³-hybridized carbons (Fsp3) is 0.0667. The zero-order valence-corrected chi connectivity index (χ0v) is 13.5. The van der Waals surface area contributed by atoms with Crippen molar-refractivity contribution in [2.75, 3.05) is 4.72 Å². The number of nitrogens with zero attached hydrogens (tertiary/aromatic N) is 3. The smallest absolute Gasteiger partial charge is 0.261 e. The minimum Gasteiger partial charge on any atom is -0.279 e. The number of para-hydroxylation sites is 1. The highest BCUT2D eigenvalue weighted by molar-refractivity contribution is 7.92. The Balaban J connectivity index is 1.89. The summed E-state index contributed by atoms with van der Waals surface area (Å²) in [5.41, 5.74) is 1.29. The molecule has 0 radical (unpaired) electrons. The number of halogens is 1. The Hall–Kier alpha value is -2.38. The van der Waals surface area contributed by atoms with E-state index in [4.69, 9.17) is 11.6 Å². The maximum Gasteiger partial charge on any atom is 0.261 e. The van der Waals surface area contributed by atoms with Gasteiger partial charge in [-0.05, 0) is 35.9 Å². The first kappa shape index (κ1) is 15.5. The van der Waals surface area contributed by atoms with Crippen LogP contribution in [-0.2, 0) is 16.6 Å². The largest absolute Gasteiger partial charge is 0.279 e. The second-order valence-electron chi connectivity index (χ2n) is 4.81. The first-order chi connectivity index (χ1) is 11.0. The number of benzene rings is 2. The number of sulfonamides is 1. The van der Waals surface area contributed by atoms with Crippen molar-refractivity contribution in [2.24, 2.45) is 0 Å². The maximum absolute atomic E-state index is 12.5. The quantitative estimate of drug-likeness (QED) is 0.769. The SMILES string of the molecule is O=S(=O)(Nc1ccccc1Cn1cncn1)c1ccc(Cl)cc1. The first-order valence-corrected chi connectivity index (χ1v) is 8.59. The van der Waals surface area contributed by atoms with E-state index in [1.165, 1.54) is 30.6 Å². The van der Waals surface area contributed by atoms with Gasteiger partial charge in [-0.15, -0.1) is 0 Å². The molecule has 1 heterocycles. The molecular weight excluding hydrogens is 336 g/mol. The lowest BCUT2D eigenvalue weighted by Crippen LogP contribution is -2.15. The van der Waals surface area contributed by atoms with Gasteiger partial charge in [-0.2, -0.15) is 5.10 Å². The summed E-state index contributed by atoms with van der Waals surface area (Å²) in [7, 11) is -3.69. The Kier molecular flexibility index (Phi) is 4.31. The van der Waals surface area contributed by atoms with Gasteiger partial charge in [0.15, 0.2) is 0 Å². The lowest BCUT2D eigenvalue weighted by molar-refractivity contribution is 0.601. The summed E-state index contributed by atoms with van der Waals surface area (Å²) < 4.78 is 29.2. The normalized spacial score (nSPS) is 11.3. The molecule has 0 saturated carbocycles. The molecule has 0 spiro atoms. The number of nitrogens with one attached hydrogen (secondary N) is 1. The molecule has 0 atom stereocenters. The van der Waals surface area contributed by atoms with E-state index in [9.17, 15) is 8.42 Å². The van der Waals surface area contributed by atoms with Crippen molar-refractivity contribution in [3.63, 3.8) is 0 Å². The monoisotopic (exact) mass is 348 g/mol. The van der Waals surface area contributed by atoms with Crippen molar-refractivity contribution in [1.29, 1.82) is 0 Å². The van der Waals surface area contributed by atoms with Gasteiger partial charge in [0.25, 0.3) is 10.0 Å². The summed E-state index contributed by atoms with van der Waals surface area (Å²) >= 11 is 5.80. The molecule has 2 aromatic carbocycles. The lowest BCUT2D eigenvalue weighted by Gasteiger charge is -2.12. The molecule has 0 aliphatic carbocycles. The average molecular weight is 349 g/mol. The molecule has 0 bridgehead atoms. The van der Waals surface area contributed by atoms with Crippen LogP contribution in [0.15, 0.2) is 66.1 Å². The molecule has 118 valence electrons. The molecule has 3 aromatic rings. The van der Waals surface area contributed by atoms with Gasteiger partial charge >= 0.3 is 0 Å². The molecule has 0 aliphatic heterocycles. The number of hydrogen-bond acceptors (Lipinski definition) is 4. The molecule has 0 amide bonds. The fourth-order valence-electron chi connectivity index (χ4n) is 2.06. The van der Waals surface area contributed by atoms with Gasteiger partial charge < -0.3 is 0 Å². The van der Waals surface area contributed by atoms with E-state index < -0.39 is 10.0 Å². The van der Waals surface area contributed by atoms with Crippen LogP contribution in [-0.4, -0.2) is 23.2 Å². The lowest BCUT2D eigenvalue weighted by atomic mass is 10.2. The van der Waals surface area contributed by atoms with Gasteiger partial charge in [-0.3, -0.25) is 4.72 Å². The second kappa shape index (κ2) is 6.39. The number of rotatable bonds is 5. The van der Waals surface area contributed by atoms with Gasteiger partial charge in [0.05, 0.1) is 17.1 Å². The summed E-state index contributed by atoms with van der Waals surface area (Å²) in [5, 5.41) is 4.51. The Labute approximate surface area is 138 Å². The van der Waals surface area contributed by atoms with E-state index in [1.807, 2.05) is 12.1 Å². The zero-order valence-electron chi connectivity index (χ0n) is 11.9. The number of aromatic nitrogens is 3. The molecule has 3 rings (SSSR count). The summed E-state index contributed by atoms with van der Waals surface area (Å²) in [6, 6.07) is 13.2. The van der Waals surface area contributed by atoms with Crippen LogP contribution in [0.25, 0.3) is 0 Å². The second-order valence-corrected chi connectivity index (χ2v) is 6.93. The number of anilines is 1. The third-order valence-corrected chi connectivity index (χ3v) is 4.82. The molecule has 6 nitrogen and oxygen atoms in total. The van der Waals surface area contributed by atoms with Crippen LogP contribution >= 0.6 is 11.6 Å². The molecule has 0 saturated heterocycles. The molecule has 0 unspecified atom stereocenters. The Morgan fingerprint density at radius 2 is 1.83 bits per heavy atom. The number of hydrogen-bond donors (Lipinski definition) is 1. The van der Waals surface area contributed by atoms with Gasteiger partial charge in [0.1, 0.15) is 12.7 Å². The molecule has 1 N–H and O–H groups in total. The van der Waals surface area contributed by atoms with Crippen molar-refractivity contribution in [2.45, 2.75) is 11.4 Å². The van der Waals surface area contributed by atoms with Gasteiger partial charge in [-0.1, -0.05) is 29.8 Å². The highest BCUT2D eigenvalue weighted by Gasteiger charge is 2.16. The molecule has 1 aromatic heterocycles. The van der Waals surface area contributed by atoms with Crippen LogP contribution in [0.5, 0.6) is 0 Å². The van der Waals surface area contributed by atoms with Crippen LogP contribution in [0.3, 0.4) is 0 Å². The van der Waals surface area contributed by atoms with Gasteiger partial charge in [-0.25, -0.2) is 18.1 Å². The van der Waals surface area contributed by atoms with Crippen LogP contribution in [0.1, 0.15) is 5.56 Å². The summed E-state index contributed by atoms with van der Waals surface area (Å²) in [5.74, 6) is 0.